The molecule has 0 unspecified atom stereocenters. The van der Waals surface area contributed by atoms with E-state index in [1.165, 1.54) is 24.3 Å². The fourth-order valence-electron chi connectivity index (χ4n) is 5.00. The second-order valence-corrected chi connectivity index (χ2v) is 12.7. The average molecular weight is 673 g/mol. The van der Waals surface area contributed by atoms with Crippen LogP contribution in [0.3, 0.4) is 0 Å². The first kappa shape index (κ1) is 35.8. The number of aryl methyl sites for hydroxylation is 2. The van der Waals surface area contributed by atoms with Crippen LogP contribution in [-0.2, 0) is 20.2 Å². The van der Waals surface area contributed by atoms with Crippen molar-refractivity contribution in [3.8, 4) is 11.1 Å². The molecule has 0 bridgehead atoms. The van der Waals surface area contributed by atoms with Crippen LogP contribution >= 0.6 is 0 Å². The zero-order chi connectivity index (χ0) is 31.2. The van der Waals surface area contributed by atoms with Crippen molar-refractivity contribution in [2.45, 2.75) is 23.6 Å². The summed E-state index contributed by atoms with van der Waals surface area (Å²) in [7, 11) is -10.3. The molecule has 0 aliphatic carbocycles. The first-order valence-electron chi connectivity index (χ1n) is 13.1. The molecule has 2 aromatic heterocycles. The first-order valence-corrected chi connectivity index (χ1v) is 15.9. The number of rotatable bonds is 7. The summed E-state index contributed by atoms with van der Waals surface area (Å²) in [5.41, 5.74) is 3.67. The summed E-state index contributed by atoms with van der Waals surface area (Å²) < 4.78 is 74.1. The molecule has 0 aliphatic heterocycles. The van der Waals surface area contributed by atoms with Crippen molar-refractivity contribution in [3.63, 3.8) is 0 Å². The van der Waals surface area contributed by atoms with Crippen LogP contribution < -0.4 is 59.1 Å². The Bertz CT molecular complexity index is 2220. The summed E-state index contributed by atoms with van der Waals surface area (Å²) in [6, 6.07) is 22.0. The molecule has 0 saturated heterocycles. The van der Waals surface area contributed by atoms with E-state index in [9.17, 15) is 25.9 Å². The molecule has 6 rings (SSSR count). The van der Waals surface area contributed by atoms with Gasteiger partial charge in [0.15, 0.2) is 0 Å². The van der Waals surface area contributed by atoms with E-state index in [2.05, 4.69) is 30.4 Å². The fraction of sp³-hybridized carbons (Fsp3) is 0.0667. The summed E-state index contributed by atoms with van der Waals surface area (Å²) in [6.07, 6.45) is 0. The molecular formula is C30H22N6Na2O6S2. The number of hydrogen-bond acceptors (Lipinski definition) is 10. The van der Waals surface area contributed by atoms with E-state index in [0.29, 0.717) is 11.4 Å². The maximum absolute atomic E-state index is 12.3. The van der Waals surface area contributed by atoms with Crippen molar-refractivity contribution in [2.75, 3.05) is 0 Å². The molecule has 2 heterocycles. The van der Waals surface area contributed by atoms with E-state index < -0.39 is 30.0 Å². The van der Waals surface area contributed by atoms with Crippen LogP contribution in [0.5, 0.6) is 0 Å². The minimum absolute atomic E-state index is 0. The van der Waals surface area contributed by atoms with Gasteiger partial charge in [-0.15, -0.1) is 10.2 Å². The van der Waals surface area contributed by atoms with Crippen LogP contribution in [-0.4, -0.2) is 35.9 Å². The van der Waals surface area contributed by atoms with E-state index in [4.69, 9.17) is 0 Å². The quantitative estimate of drug-likeness (QED) is 0.147. The summed E-state index contributed by atoms with van der Waals surface area (Å²) in [5, 5.41) is 18.3. The number of aromatic amines is 2. The molecule has 0 radical (unpaired) electrons. The van der Waals surface area contributed by atoms with Gasteiger partial charge in [0.05, 0.1) is 21.2 Å². The van der Waals surface area contributed by atoms with Crippen molar-refractivity contribution in [3.05, 3.63) is 96.3 Å². The number of para-hydroxylation sites is 2. The van der Waals surface area contributed by atoms with Crippen LogP contribution in [0.15, 0.2) is 115 Å². The molecule has 0 atom stereocenters. The third-order valence-electron chi connectivity index (χ3n) is 7.01. The number of fused-ring (bicyclic) bond motifs is 2. The van der Waals surface area contributed by atoms with E-state index in [1.54, 1.807) is 13.8 Å². The van der Waals surface area contributed by atoms with Gasteiger partial charge >= 0.3 is 59.1 Å². The number of H-pyrrole nitrogens is 2. The van der Waals surface area contributed by atoms with Gasteiger partial charge in [-0.25, -0.2) is 16.8 Å². The van der Waals surface area contributed by atoms with E-state index >= 15 is 0 Å². The largest absolute Gasteiger partial charge is 1.00 e. The second kappa shape index (κ2) is 14.0. The minimum atomic E-state index is -5.16. The molecule has 222 valence electrons. The summed E-state index contributed by atoms with van der Waals surface area (Å²) in [6.45, 7) is 3.61. The monoisotopic (exact) mass is 672 g/mol. The van der Waals surface area contributed by atoms with Crippen molar-refractivity contribution in [1.29, 1.82) is 0 Å². The third-order valence-corrected chi connectivity index (χ3v) is 8.76. The maximum atomic E-state index is 12.3. The Morgan fingerprint density at radius 3 is 1.28 bits per heavy atom. The Morgan fingerprint density at radius 2 is 0.913 bits per heavy atom. The molecule has 46 heavy (non-hydrogen) atoms. The predicted octanol–water partition coefficient (Wildman–Crippen LogP) is 1.58. The molecule has 12 nitrogen and oxygen atoms in total. The van der Waals surface area contributed by atoms with Gasteiger partial charge in [-0.3, -0.25) is 0 Å². The Morgan fingerprint density at radius 1 is 0.543 bits per heavy atom. The van der Waals surface area contributed by atoms with Crippen LogP contribution in [0.2, 0.25) is 0 Å². The standard InChI is InChI=1S/C30H24N6O6S2.2Na/c1-17-29(23-7-3-5-9-25(23)31-17)35-33-19-11-13-21(27(15-19)43(37,38)39)22-14-12-20(16-28(22)44(40,41)42)34-36-30-18(2)32-26-10-6-4-8-24(26)30;;/h3-16,31-32H,1-2H3,(H,37,38,39)(H,40,41,42);;/q;2*+1/p-2. The van der Waals surface area contributed by atoms with E-state index in [0.717, 1.165) is 45.3 Å². The van der Waals surface area contributed by atoms with Crippen LogP contribution in [0.25, 0.3) is 32.9 Å². The zero-order valence-corrected chi connectivity index (χ0v) is 30.8. The molecule has 0 amide bonds. The SMILES string of the molecule is Cc1[nH]c2ccccc2c1N=Nc1ccc(-c2ccc(N=Nc3c(C)[nH]c4ccccc34)cc2S(=O)(=O)[O-])c(S(=O)(=O)[O-])c1.[Na+].[Na+]. The number of nitrogens with one attached hydrogen (secondary N) is 2. The first-order chi connectivity index (χ1) is 20.9. The van der Waals surface area contributed by atoms with Gasteiger partial charge in [0.25, 0.3) is 0 Å². The van der Waals surface area contributed by atoms with Crippen LogP contribution in [0.4, 0.5) is 22.7 Å². The molecule has 0 saturated carbocycles. The summed E-state index contributed by atoms with van der Waals surface area (Å²) in [5.74, 6) is 0. The Labute approximate surface area is 308 Å². The maximum Gasteiger partial charge on any atom is 1.00 e. The molecule has 0 spiro atoms. The molecular weight excluding hydrogens is 650 g/mol. The van der Waals surface area contributed by atoms with Gasteiger partial charge in [-0.2, -0.15) is 10.2 Å². The Hall–Kier alpha value is -3.02. The fourth-order valence-corrected chi connectivity index (χ4v) is 6.43. The number of benzene rings is 4. The van der Waals surface area contributed by atoms with Gasteiger partial charge < -0.3 is 19.1 Å². The molecule has 16 heteroatoms. The third kappa shape index (κ3) is 7.26. The molecule has 0 fully saturated rings. The second-order valence-electron chi connectivity index (χ2n) is 9.96. The number of nitrogens with zero attached hydrogens (tertiary/aromatic N) is 4. The van der Waals surface area contributed by atoms with Gasteiger partial charge in [0, 0.05) is 44.3 Å². The Kier molecular flexibility index (Phi) is 10.9. The topological polar surface area (TPSA) is 195 Å². The molecule has 2 N–H and O–H groups in total. The summed E-state index contributed by atoms with van der Waals surface area (Å²) in [4.78, 5) is 4.83. The zero-order valence-electron chi connectivity index (χ0n) is 25.1. The molecule has 0 aliphatic rings. The number of azo groups is 2. The van der Waals surface area contributed by atoms with Gasteiger partial charge in [-0.05, 0) is 50.2 Å². The van der Waals surface area contributed by atoms with Crippen LogP contribution in [0, 0.1) is 13.8 Å². The minimum Gasteiger partial charge on any atom is -0.744 e. The predicted molar refractivity (Wildman–Crippen MR) is 162 cm³/mol. The Balaban J connectivity index is 0.00000240. The molecule has 6 aromatic rings. The van der Waals surface area contributed by atoms with Crippen molar-refractivity contribution in [1.82, 2.24) is 9.97 Å². The number of hydrogen-bond donors (Lipinski definition) is 2. The molecule has 4 aromatic carbocycles. The van der Waals surface area contributed by atoms with E-state index in [1.807, 2.05) is 48.5 Å². The summed E-state index contributed by atoms with van der Waals surface area (Å²) >= 11 is 0. The average Bonchev–Trinajstić information content (AvgIpc) is 3.48. The smallest absolute Gasteiger partial charge is 0.744 e. The van der Waals surface area contributed by atoms with Crippen molar-refractivity contribution in [2.24, 2.45) is 20.5 Å². The van der Waals surface area contributed by atoms with Gasteiger partial charge in [0.2, 0.25) is 0 Å². The van der Waals surface area contributed by atoms with Gasteiger partial charge in [-0.1, -0.05) is 48.5 Å². The number of aromatic nitrogens is 2. The normalized spacial score (nSPS) is 12.2. The van der Waals surface area contributed by atoms with Crippen molar-refractivity contribution < 1.29 is 85.1 Å². The van der Waals surface area contributed by atoms with E-state index in [-0.39, 0.29) is 81.6 Å². The van der Waals surface area contributed by atoms with Crippen molar-refractivity contribution >= 4 is 64.8 Å². The van der Waals surface area contributed by atoms with Gasteiger partial charge in [0.1, 0.15) is 31.6 Å². The van der Waals surface area contributed by atoms with Crippen LogP contribution in [0.1, 0.15) is 11.4 Å².